The molecule has 0 saturated heterocycles. The fraction of sp³-hybridized carbons (Fsp3) is 0.417. The van der Waals surface area contributed by atoms with Crippen LogP contribution in [-0.2, 0) is 0 Å². The van der Waals surface area contributed by atoms with Gasteiger partial charge in [-0.3, -0.25) is 0 Å². The second kappa shape index (κ2) is 4.42. The third-order valence-corrected chi connectivity index (χ3v) is 2.79. The number of nitrogens with zero attached hydrogens (tertiary/aromatic N) is 1. The second-order valence-corrected chi connectivity index (χ2v) is 3.78. The van der Waals surface area contributed by atoms with Crippen molar-refractivity contribution in [3.63, 3.8) is 0 Å². The number of fused-ring (bicyclic) bond motifs is 1. The Kier molecular flexibility index (Phi) is 2.97. The molecule has 0 fully saturated rings. The van der Waals surface area contributed by atoms with Crippen molar-refractivity contribution in [2.45, 2.75) is 12.5 Å². The molecule has 1 aromatic rings. The van der Waals surface area contributed by atoms with Gasteiger partial charge in [0.1, 0.15) is 11.5 Å². The van der Waals surface area contributed by atoms with E-state index in [1.807, 2.05) is 0 Å². The SMILES string of the molecule is COc1ccc2c(c1)OC[C@@H](CC#N)[C@H]2O. The first-order chi connectivity index (χ1) is 7.76. The molecular weight excluding hydrogens is 206 g/mol. The fourth-order valence-corrected chi connectivity index (χ4v) is 1.84. The van der Waals surface area contributed by atoms with E-state index in [2.05, 4.69) is 6.07 Å². The molecule has 0 aliphatic carbocycles. The lowest BCUT2D eigenvalue weighted by atomic mass is 9.91. The third-order valence-electron chi connectivity index (χ3n) is 2.79. The number of rotatable bonds is 2. The zero-order chi connectivity index (χ0) is 11.5. The minimum atomic E-state index is -0.630. The van der Waals surface area contributed by atoms with Crippen molar-refractivity contribution in [1.29, 1.82) is 5.26 Å². The van der Waals surface area contributed by atoms with Gasteiger partial charge in [-0.2, -0.15) is 5.26 Å². The maximum absolute atomic E-state index is 10.0. The van der Waals surface area contributed by atoms with E-state index >= 15 is 0 Å². The molecule has 1 N–H and O–H groups in total. The van der Waals surface area contributed by atoms with Gasteiger partial charge in [-0.05, 0) is 12.1 Å². The van der Waals surface area contributed by atoms with Gasteiger partial charge in [-0.25, -0.2) is 0 Å². The van der Waals surface area contributed by atoms with Crippen molar-refractivity contribution >= 4 is 0 Å². The molecule has 16 heavy (non-hydrogen) atoms. The average molecular weight is 219 g/mol. The van der Waals surface area contributed by atoms with Gasteiger partial charge in [0, 0.05) is 24.0 Å². The van der Waals surface area contributed by atoms with E-state index < -0.39 is 6.10 Å². The van der Waals surface area contributed by atoms with E-state index in [1.165, 1.54) is 0 Å². The zero-order valence-corrected chi connectivity index (χ0v) is 9.01. The highest BCUT2D eigenvalue weighted by Gasteiger charge is 2.29. The minimum Gasteiger partial charge on any atom is -0.497 e. The highest BCUT2D eigenvalue weighted by molar-refractivity contribution is 5.43. The fourth-order valence-electron chi connectivity index (χ4n) is 1.84. The molecule has 4 heteroatoms. The van der Waals surface area contributed by atoms with Crippen LogP contribution in [0.2, 0.25) is 0 Å². The zero-order valence-electron chi connectivity index (χ0n) is 9.01. The van der Waals surface area contributed by atoms with Crippen molar-refractivity contribution in [1.82, 2.24) is 0 Å². The third kappa shape index (κ3) is 1.82. The number of hydrogen-bond donors (Lipinski definition) is 1. The van der Waals surface area contributed by atoms with E-state index in [0.717, 1.165) is 5.56 Å². The van der Waals surface area contributed by atoms with Gasteiger partial charge in [0.05, 0.1) is 25.9 Å². The first kappa shape index (κ1) is 10.8. The Morgan fingerprint density at radius 1 is 1.62 bits per heavy atom. The highest BCUT2D eigenvalue weighted by atomic mass is 16.5. The Morgan fingerprint density at radius 2 is 2.44 bits per heavy atom. The summed E-state index contributed by atoms with van der Waals surface area (Å²) < 4.78 is 10.6. The molecule has 4 nitrogen and oxygen atoms in total. The summed E-state index contributed by atoms with van der Waals surface area (Å²) in [6, 6.07) is 7.37. The first-order valence-corrected chi connectivity index (χ1v) is 5.12. The summed E-state index contributed by atoms with van der Waals surface area (Å²) in [6.45, 7) is 0.370. The highest BCUT2D eigenvalue weighted by Crippen LogP contribution is 2.38. The van der Waals surface area contributed by atoms with Gasteiger partial charge < -0.3 is 14.6 Å². The predicted octanol–water partition coefficient (Wildman–Crippen LogP) is 1.65. The smallest absolute Gasteiger partial charge is 0.128 e. The first-order valence-electron chi connectivity index (χ1n) is 5.12. The molecule has 2 rings (SSSR count). The number of aliphatic hydroxyl groups excluding tert-OH is 1. The molecule has 0 radical (unpaired) electrons. The van der Waals surface area contributed by atoms with Crippen molar-refractivity contribution in [3.8, 4) is 17.6 Å². The van der Waals surface area contributed by atoms with Crippen LogP contribution in [0.15, 0.2) is 18.2 Å². The van der Waals surface area contributed by atoms with Gasteiger partial charge in [0.25, 0.3) is 0 Å². The number of nitriles is 1. The number of benzene rings is 1. The summed E-state index contributed by atoms with van der Waals surface area (Å²) in [6.07, 6.45) is -0.332. The molecule has 1 heterocycles. The molecule has 0 saturated carbocycles. The number of methoxy groups -OCH3 is 1. The van der Waals surface area contributed by atoms with Crippen LogP contribution in [0, 0.1) is 17.2 Å². The second-order valence-electron chi connectivity index (χ2n) is 3.78. The van der Waals surface area contributed by atoms with Crippen LogP contribution in [0.4, 0.5) is 0 Å². The number of ether oxygens (including phenoxy) is 2. The molecule has 0 bridgehead atoms. The van der Waals surface area contributed by atoms with Crippen LogP contribution >= 0.6 is 0 Å². The molecule has 0 amide bonds. The molecule has 0 aromatic heterocycles. The summed E-state index contributed by atoms with van der Waals surface area (Å²) in [5.41, 5.74) is 0.729. The van der Waals surface area contributed by atoms with Gasteiger partial charge in [-0.1, -0.05) is 0 Å². The Morgan fingerprint density at radius 3 is 3.12 bits per heavy atom. The van der Waals surface area contributed by atoms with Gasteiger partial charge in [-0.15, -0.1) is 0 Å². The van der Waals surface area contributed by atoms with Crippen molar-refractivity contribution in [3.05, 3.63) is 23.8 Å². The number of hydrogen-bond acceptors (Lipinski definition) is 4. The normalized spacial score (nSPS) is 22.8. The quantitative estimate of drug-likeness (QED) is 0.821. The molecule has 1 aromatic carbocycles. The molecule has 1 aliphatic rings. The summed E-state index contributed by atoms with van der Waals surface area (Å²) in [5, 5.41) is 18.7. The molecular formula is C12H13NO3. The Bertz CT molecular complexity index is 425. The van der Waals surface area contributed by atoms with Crippen LogP contribution in [0.3, 0.4) is 0 Å². The van der Waals surface area contributed by atoms with E-state index in [1.54, 1.807) is 25.3 Å². The van der Waals surface area contributed by atoms with Gasteiger partial charge in [0.2, 0.25) is 0 Å². The molecule has 0 unspecified atom stereocenters. The number of aliphatic hydroxyl groups is 1. The summed E-state index contributed by atoms with van der Waals surface area (Å²) in [7, 11) is 1.58. The standard InChI is InChI=1S/C12H13NO3/c1-15-9-2-3-10-11(6-9)16-7-8(4-5-13)12(10)14/h2-3,6,8,12,14H,4,7H2,1H3/t8-,12-/m1/s1. The summed E-state index contributed by atoms with van der Waals surface area (Å²) in [4.78, 5) is 0. The lowest BCUT2D eigenvalue weighted by molar-refractivity contribution is 0.0529. The maximum atomic E-state index is 10.0. The van der Waals surface area contributed by atoms with Crippen LogP contribution in [-0.4, -0.2) is 18.8 Å². The van der Waals surface area contributed by atoms with E-state index in [9.17, 15) is 5.11 Å². The van der Waals surface area contributed by atoms with Crippen molar-refractivity contribution in [2.75, 3.05) is 13.7 Å². The lowest BCUT2D eigenvalue weighted by Crippen LogP contribution is -2.25. The Balaban J connectivity index is 2.28. The summed E-state index contributed by atoms with van der Waals surface area (Å²) >= 11 is 0. The predicted molar refractivity (Wildman–Crippen MR) is 57.2 cm³/mol. The Hall–Kier alpha value is -1.73. The molecule has 0 spiro atoms. The van der Waals surface area contributed by atoms with Gasteiger partial charge in [0.15, 0.2) is 0 Å². The van der Waals surface area contributed by atoms with Crippen LogP contribution in [0.5, 0.6) is 11.5 Å². The molecule has 84 valence electrons. The largest absolute Gasteiger partial charge is 0.497 e. The van der Waals surface area contributed by atoms with E-state index in [0.29, 0.717) is 24.5 Å². The Labute approximate surface area is 94.0 Å². The molecule has 1 aliphatic heterocycles. The van der Waals surface area contributed by atoms with E-state index in [-0.39, 0.29) is 5.92 Å². The minimum absolute atomic E-state index is 0.147. The van der Waals surface area contributed by atoms with Crippen molar-refractivity contribution < 1.29 is 14.6 Å². The van der Waals surface area contributed by atoms with Crippen LogP contribution < -0.4 is 9.47 Å². The average Bonchev–Trinajstić information content (AvgIpc) is 2.32. The van der Waals surface area contributed by atoms with Crippen molar-refractivity contribution in [2.24, 2.45) is 5.92 Å². The lowest BCUT2D eigenvalue weighted by Gasteiger charge is -2.29. The maximum Gasteiger partial charge on any atom is 0.128 e. The van der Waals surface area contributed by atoms with E-state index in [4.69, 9.17) is 14.7 Å². The van der Waals surface area contributed by atoms with Gasteiger partial charge >= 0.3 is 0 Å². The van der Waals surface area contributed by atoms with Crippen LogP contribution in [0.1, 0.15) is 18.1 Å². The molecule has 2 atom stereocenters. The monoisotopic (exact) mass is 219 g/mol. The van der Waals surface area contributed by atoms with Crippen LogP contribution in [0.25, 0.3) is 0 Å². The topological polar surface area (TPSA) is 62.5 Å². The summed E-state index contributed by atoms with van der Waals surface area (Å²) in [5.74, 6) is 1.19.